The van der Waals surface area contributed by atoms with E-state index in [1.165, 1.54) is 6.07 Å². The topological polar surface area (TPSA) is 71.3 Å². The molecule has 0 radical (unpaired) electrons. The van der Waals surface area contributed by atoms with Gasteiger partial charge in [-0.15, -0.1) is 0 Å². The highest BCUT2D eigenvalue weighted by Crippen LogP contribution is 2.28. The molecule has 0 fully saturated rings. The number of benzene rings is 1. The third-order valence-corrected chi connectivity index (χ3v) is 4.76. The minimum Gasteiger partial charge on any atom is -0.446 e. The Labute approximate surface area is 136 Å². The molecule has 0 aliphatic rings. The maximum absolute atomic E-state index is 12.2. The van der Waals surface area contributed by atoms with E-state index in [0.717, 1.165) is 6.54 Å². The Hall–Kier alpha value is -1.02. The van der Waals surface area contributed by atoms with E-state index in [-0.39, 0.29) is 5.09 Å². The smallest absolute Gasteiger partial charge is 0.295 e. The van der Waals surface area contributed by atoms with Crippen LogP contribution in [0.25, 0.3) is 0 Å². The predicted octanol–water partition coefficient (Wildman–Crippen LogP) is 3.61. The van der Waals surface area contributed by atoms with Gasteiger partial charge in [0.2, 0.25) is 5.09 Å². The van der Waals surface area contributed by atoms with Gasteiger partial charge in [0.05, 0.1) is 12.2 Å². The van der Waals surface area contributed by atoms with E-state index in [1.54, 1.807) is 24.3 Å². The lowest BCUT2D eigenvalue weighted by molar-refractivity contribution is 0.405. The summed E-state index contributed by atoms with van der Waals surface area (Å²) >= 11 is 9.08. The van der Waals surface area contributed by atoms with Crippen LogP contribution in [-0.4, -0.2) is 15.0 Å². The molecule has 0 aliphatic carbocycles. The van der Waals surface area contributed by atoms with Crippen molar-refractivity contribution in [3.8, 4) is 0 Å². The van der Waals surface area contributed by atoms with Gasteiger partial charge >= 0.3 is 0 Å². The molecule has 1 aromatic carbocycles. The van der Waals surface area contributed by atoms with Gasteiger partial charge in [0, 0.05) is 9.50 Å². The highest BCUT2D eigenvalue weighted by atomic mass is 79.9. The molecule has 1 aromatic heterocycles. The van der Waals surface area contributed by atoms with Gasteiger partial charge in [-0.3, -0.25) is 4.72 Å². The molecule has 0 saturated carbocycles. The molecule has 8 heteroatoms. The number of rotatable bonds is 6. The van der Waals surface area contributed by atoms with E-state index in [0.29, 0.717) is 27.5 Å². The number of halogens is 2. The second kappa shape index (κ2) is 6.83. The minimum atomic E-state index is -3.77. The molecule has 2 aromatic rings. The van der Waals surface area contributed by atoms with Crippen molar-refractivity contribution in [1.82, 2.24) is 5.32 Å². The summed E-state index contributed by atoms with van der Waals surface area (Å²) in [6, 6.07) is 7.85. The SMILES string of the molecule is CCNCc1ccc(S(=O)(=O)Nc2ccc(Cl)cc2Br)o1. The molecule has 0 saturated heterocycles. The number of hydrogen-bond acceptors (Lipinski definition) is 4. The van der Waals surface area contributed by atoms with Crippen LogP contribution in [0.15, 0.2) is 44.3 Å². The third-order valence-electron chi connectivity index (χ3n) is 2.63. The summed E-state index contributed by atoms with van der Waals surface area (Å²) in [5, 5.41) is 3.45. The van der Waals surface area contributed by atoms with Gasteiger partial charge in [-0.2, -0.15) is 8.42 Å². The summed E-state index contributed by atoms with van der Waals surface area (Å²) in [5.74, 6) is 0.562. The lowest BCUT2D eigenvalue weighted by atomic mass is 10.3. The van der Waals surface area contributed by atoms with Crippen LogP contribution >= 0.6 is 27.5 Å². The molecule has 0 spiro atoms. The first-order valence-corrected chi connectivity index (χ1v) is 8.85. The Morgan fingerprint density at radius 2 is 2.05 bits per heavy atom. The number of sulfonamides is 1. The second-order valence-electron chi connectivity index (χ2n) is 4.23. The summed E-state index contributed by atoms with van der Waals surface area (Å²) in [7, 11) is -3.77. The highest BCUT2D eigenvalue weighted by molar-refractivity contribution is 9.10. The van der Waals surface area contributed by atoms with Gasteiger partial charge in [-0.25, -0.2) is 0 Å². The molecule has 0 atom stereocenters. The van der Waals surface area contributed by atoms with Crippen molar-refractivity contribution in [1.29, 1.82) is 0 Å². The zero-order chi connectivity index (χ0) is 15.5. The minimum absolute atomic E-state index is 0.128. The van der Waals surface area contributed by atoms with Crippen LogP contribution in [0.3, 0.4) is 0 Å². The van der Waals surface area contributed by atoms with E-state index in [9.17, 15) is 8.42 Å². The van der Waals surface area contributed by atoms with Crippen molar-refractivity contribution in [2.24, 2.45) is 0 Å². The summed E-state index contributed by atoms with van der Waals surface area (Å²) in [5.41, 5.74) is 0.393. The van der Waals surface area contributed by atoms with Crippen LogP contribution in [-0.2, 0) is 16.6 Å². The van der Waals surface area contributed by atoms with E-state index in [4.69, 9.17) is 16.0 Å². The molecule has 2 rings (SSSR count). The Morgan fingerprint density at radius 3 is 2.71 bits per heavy atom. The summed E-state index contributed by atoms with van der Waals surface area (Å²) in [6.07, 6.45) is 0. The van der Waals surface area contributed by atoms with E-state index in [1.807, 2.05) is 6.92 Å². The Balaban J connectivity index is 2.19. The molecule has 5 nitrogen and oxygen atoms in total. The third kappa shape index (κ3) is 4.23. The molecule has 1 heterocycles. The fraction of sp³-hybridized carbons (Fsp3) is 0.231. The lowest BCUT2D eigenvalue weighted by Gasteiger charge is -2.08. The summed E-state index contributed by atoms with van der Waals surface area (Å²) in [6.45, 7) is 3.22. The van der Waals surface area contributed by atoms with Crippen LogP contribution in [0.5, 0.6) is 0 Å². The fourth-order valence-corrected chi connectivity index (χ4v) is 3.56. The van der Waals surface area contributed by atoms with Crippen LogP contribution in [0.2, 0.25) is 5.02 Å². The zero-order valence-corrected chi connectivity index (χ0v) is 14.3. The van der Waals surface area contributed by atoms with Crippen LogP contribution in [0, 0.1) is 0 Å². The predicted molar refractivity (Wildman–Crippen MR) is 86.0 cm³/mol. The van der Waals surface area contributed by atoms with Gasteiger partial charge in [-0.05, 0) is 52.8 Å². The largest absolute Gasteiger partial charge is 0.446 e. The molecule has 0 unspecified atom stereocenters. The summed E-state index contributed by atoms with van der Waals surface area (Å²) < 4.78 is 32.8. The zero-order valence-electron chi connectivity index (χ0n) is 11.2. The normalized spacial score (nSPS) is 11.6. The molecule has 0 amide bonds. The van der Waals surface area contributed by atoms with E-state index in [2.05, 4.69) is 26.0 Å². The molecule has 2 N–H and O–H groups in total. The molecule has 21 heavy (non-hydrogen) atoms. The Bertz CT molecular complexity index is 731. The van der Waals surface area contributed by atoms with Crippen LogP contribution in [0.1, 0.15) is 12.7 Å². The Morgan fingerprint density at radius 1 is 1.29 bits per heavy atom. The average molecular weight is 394 g/mol. The highest BCUT2D eigenvalue weighted by Gasteiger charge is 2.20. The average Bonchev–Trinajstić information content (AvgIpc) is 2.89. The maximum atomic E-state index is 12.2. The number of hydrogen-bond donors (Lipinski definition) is 2. The van der Waals surface area contributed by atoms with Crippen LogP contribution in [0.4, 0.5) is 5.69 Å². The van der Waals surface area contributed by atoms with Gasteiger partial charge in [0.1, 0.15) is 5.76 Å². The van der Waals surface area contributed by atoms with Gasteiger partial charge in [-0.1, -0.05) is 18.5 Å². The fourth-order valence-electron chi connectivity index (χ4n) is 1.61. The van der Waals surface area contributed by atoms with Crippen molar-refractivity contribution in [3.63, 3.8) is 0 Å². The number of nitrogens with one attached hydrogen (secondary N) is 2. The number of anilines is 1. The van der Waals surface area contributed by atoms with Gasteiger partial charge in [0.25, 0.3) is 10.0 Å². The van der Waals surface area contributed by atoms with Crippen molar-refractivity contribution in [2.75, 3.05) is 11.3 Å². The first kappa shape index (κ1) is 16.4. The first-order chi connectivity index (χ1) is 9.92. The van der Waals surface area contributed by atoms with E-state index >= 15 is 0 Å². The molecule has 0 aliphatic heterocycles. The monoisotopic (exact) mass is 392 g/mol. The first-order valence-electron chi connectivity index (χ1n) is 6.19. The number of furan rings is 1. The lowest BCUT2D eigenvalue weighted by Crippen LogP contribution is -2.13. The van der Waals surface area contributed by atoms with Gasteiger partial charge < -0.3 is 9.73 Å². The van der Waals surface area contributed by atoms with Gasteiger partial charge in [0.15, 0.2) is 0 Å². The molecule has 114 valence electrons. The second-order valence-corrected chi connectivity index (χ2v) is 7.13. The molecule has 0 bridgehead atoms. The van der Waals surface area contributed by atoms with Crippen LogP contribution < -0.4 is 10.0 Å². The standard InChI is InChI=1S/C13H14BrClN2O3S/c1-2-16-8-10-4-6-13(20-10)21(18,19)17-12-5-3-9(15)7-11(12)14/h3-7,16-17H,2,8H2,1H3. The summed E-state index contributed by atoms with van der Waals surface area (Å²) in [4.78, 5) is 0. The molecular formula is C13H14BrClN2O3S. The van der Waals surface area contributed by atoms with Crippen molar-refractivity contribution < 1.29 is 12.8 Å². The Kier molecular flexibility index (Phi) is 5.32. The van der Waals surface area contributed by atoms with E-state index < -0.39 is 10.0 Å². The van der Waals surface area contributed by atoms with Crippen molar-refractivity contribution >= 4 is 43.2 Å². The maximum Gasteiger partial charge on any atom is 0.295 e. The quantitative estimate of drug-likeness (QED) is 0.786. The van der Waals surface area contributed by atoms with Crippen molar-refractivity contribution in [3.05, 3.63) is 45.6 Å². The molecular weight excluding hydrogens is 380 g/mol. The van der Waals surface area contributed by atoms with Crippen molar-refractivity contribution in [2.45, 2.75) is 18.6 Å².